The molecule has 0 saturated carbocycles. The Bertz CT molecular complexity index is 261. The first-order chi connectivity index (χ1) is 5.54. The van der Waals surface area contributed by atoms with Gasteiger partial charge in [-0.3, -0.25) is 0 Å². The summed E-state index contributed by atoms with van der Waals surface area (Å²) in [6, 6.07) is 1.99. The van der Waals surface area contributed by atoms with Crippen LogP contribution < -0.4 is 0 Å². The molecule has 0 saturated heterocycles. The summed E-state index contributed by atoms with van der Waals surface area (Å²) < 4.78 is 0. The molecule has 0 atom stereocenters. The number of aromatic nitrogens is 2. The second kappa shape index (κ2) is 3.21. The van der Waals surface area contributed by atoms with Crippen molar-refractivity contribution in [1.29, 1.82) is 0 Å². The van der Waals surface area contributed by atoms with Crippen molar-refractivity contribution in [3.63, 3.8) is 0 Å². The zero-order chi connectivity index (χ0) is 9.19. The molecule has 0 unspecified atom stereocenters. The maximum atomic E-state index is 4.45. The predicted molar refractivity (Wildman–Crippen MR) is 50.1 cm³/mol. The van der Waals surface area contributed by atoms with Crippen molar-refractivity contribution in [3.8, 4) is 0 Å². The molecule has 1 heterocycles. The summed E-state index contributed by atoms with van der Waals surface area (Å²) in [7, 11) is 0. The largest absolute Gasteiger partial charge is 0.241 e. The van der Waals surface area contributed by atoms with Crippen LogP contribution in [0.25, 0.3) is 0 Å². The van der Waals surface area contributed by atoms with E-state index in [1.807, 2.05) is 12.3 Å². The van der Waals surface area contributed by atoms with E-state index in [2.05, 4.69) is 37.7 Å². The normalized spacial score (nSPS) is 11.7. The van der Waals surface area contributed by atoms with Gasteiger partial charge < -0.3 is 0 Å². The van der Waals surface area contributed by atoms with Crippen LogP contribution in [0.1, 0.15) is 39.2 Å². The summed E-state index contributed by atoms with van der Waals surface area (Å²) in [5, 5.41) is 0. The molecule has 2 heteroatoms. The molecule has 0 amide bonds. The third-order valence-electron chi connectivity index (χ3n) is 1.79. The summed E-state index contributed by atoms with van der Waals surface area (Å²) in [4.78, 5) is 8.61. The minimum Gasteiger partial charge on any atom is -0.241 e. The SMILES string of the molecule is CCc1nccc(C(C)(C)C)n1. The minimum absolute atomic E-state index is 0.132. The van der Waals surface area contributed by atoms with Crippen LogP contribution in [-0.4, -0.2) is 9.97 Å². The fourth-order valence-electron chi connectivity index (χ4n) is 0.987. The van der Waals surface area contributed by atoms with Crippen molar-refractivity contribution in [1.82, 2.24) is 9.97 Å². The van der Waals surface area contributed by atoms with Crippen LogP contribution in [0.3, 0.4) is 0 Å². The maximum Gasteiger partial charge on any atom is 0.128 e. The summed E-state index contributed by atoms with van der Waals surface area (Å²) in [5.74, 6) is 0.933. The molecule has 0 aliphatic carbocycles. The monoisotopic (exact) mass is 164 g/mol. The van der Waals surface area contributed by atoms with Gasteiger partial charge in [0, 0.05) is 23.7 Å². The zero-order valence-electron chi connectivity index (χ0n) is 8.26. The van der Waals surface area contributed by atoms with E-state index in [4.69, 9.17) is 0 Å². The van der Waals surface area contributed by atoms with Crippen LogP contribution in [0, 0.1) is 0 Å². The van der Waals surface area contributed by atoms with Gasteiger partial charge in [-0.05, 0) is 6.07 Å². The summed E-state index contributed by atoms with van der Waals surface area (Å²) in [6.45, 7) is 8.56. The molecule has 0 aromatic carbocycles. The van der Waals surface area contributed by atoms with Gasteiger partial charge in [-0.1, -0.05) is 27.7 Å². The maximum absolute atomic E-state index is 4.45. The average Bonchev–Trinajstić information content (AvgIpc) is 2.03. The average molecular weight is 164 g/mol. The van der Waals surface area contributed by atoms with E-state index in [9.17, 15) is 0 Å². The number of rotatable bonds is 1. The van der Waals surface area contributed by atoms with Gasteiger partial charge in [0.25, 0.3) is 0 Å². The summed E-state index contributed by atoms with van der Waals surface area (Å²) >= 11 is 0. The van der Waals surface area contributed by atoms with Gasteiger partial charge in [-0.2, -0.15) is 0 Å². The van der Waals surface area contributed by atoms with Crippen LogP contribution in [0.4, 0.5) is 0 Å². The molecular weight excluding hydrogens is 148 g/mol. The third-order valence-corrected chi connectivity index (χ3v) is 1.79. The van der Waals surface area contributed by atoms with E-state index in [-0.39, 0.29) is 5.41 Å². The van der Waals surface area contributed by atoms with Crippen molar-refractivity contribution < 1.29 is 0 Å². The number of aryl methyl sites for hydroxylation is 1. The fourth-order valence-corrected chi connectivity index (χ4v) is 0.987. The van der Waals surface area contributed by atoms with Crippen molar-refractivity contribution in [2.45, 2.75) is 39.5 Å². The number of nitrogens with zero attached hydrogens (tertiary/aromatic N) is 2. The molecule has 0 aliphatic heterocycles. The van der Waals surface area contributed by atoms with Gasteiger partial charge in [0.1, 0.15) is 5.82 Å². The van der Waals surface area contributed by atoms with Crippen LogP contribution in [0.2, 0.25) is 0 Å². The van der Waals surface area contributed by atoms with Gasteiger partial charge in [-0.25, -0.2) is 9.97 Å². The minimum atomic E-state index is 0.132. The Hall–Kier alpha value is -0.920. The quantitative estimate of drug-likeness (QED) is 0.636. The lowest BCUT2D eigenvalue weighted by molar-refractivity contribution is 0.562. The topological polar surface area (TPSA) is 25.8 Å². The fraction of sp³-hybridized carbons (Fsp3) is 0.600. The van der Waals surface area contributed by atoms with Crippen molar-refractivity contribution in [2.24, 2.45) is 0 Å². The van der Waals surface area contributed by atoms with E-state index in [0.717, 1.165) is 17.9 Å². The van der Waals surface area contributed by atoms with Crippen LogP contribution in [0.15, 0.2) is 12.3 Å². The van der Waals surface area contributed by atoms with Gasteiger partial charge in [0.05, 0.1) is 0 Å². The molecule has 1 aromatic heterocycles. The molecule has 66 valence electrons. The van der Waals surface area contributed by atoms with Gasteiger partial charge in [-0.15, -0.1) is 0 Å². The molecule has 0 aliphatic rings. The van der Waals surface area contributed by atoms with Crippen LogP contribution in [-0.2, 0) is 11.8 Å². The molecule has 0 N–H and O–H groups in total. The molecule has 0 spiro atoms. The van der Waals surface area contributed by atoms with Crippen LogP contribution in [0.5, 0.6) is 0 Å². The third kappa shape index (κ3) is 2.03. The molecular formula is C10H16N2. The highest BCUT2D eigenvalue weighted by molar-refractivity contribution is 5.11. The van der Waals surface area contributed by atoms with E-state index in [0.29, 0.717) is 0 Å². The van der Waals surface area contributed by atoms with Crippen LogP contribution >= 0.6 is 0 Å². The van der Waals surface area contributed by atoms with Gasteiger partial charge >= 0.3 is 0 Å². The highest BCUT2D eigenvalue weighted by atomic mass is 14.9. The lowest BCUT2D eigenvalue weighted by Crippen LogP contribution is -2.14. The molecule has 12 heavy (non-hydrogen) atoms. The van der Waals surface area contributed by atoms with E-state index < -0.39 is 0 Å². The van der Waals surface area contributed by atoms with Crippen molar-refractivity contribution >= 4 is 0 Å². The molecule has 2 nitrogen and oxygen atoms in total. The summed E-state index contributed by atoms with van der Waals surface area (Å²) in [5.41, 5.74) is 1.25. The second-order valence-corrected chi connectivity index (χ2v) is 3.96. The first kappa shape index (κ1) is 9.17. The van der Waals surface area contributed by atoms with Crippen molar-refractivity contribution in [3.05, 3.63) is 23.8 Å². The Morgan fingerprint density at radius 3 is 2.50 bits per heavy atom. The standard InChI is InChI=1S/C10H16N2/c1-5-9-11-7-6-8(12-9)10(2,3)4/h6-7H,5H2,1-4H3. The van der Waals surface area contributed by atoms with E-state index in [1.54, 1.807) is 0 Å². The number of hydrogen-bond acceptors (Lipinski definition) is 2. The van der Waals surface area contributed by atoms with Gasteiger partial charge in [0.15, 0.2) is 0 Å². The Morgan fingerprint density at radius 1 is 1.33 bits per heavy atom. The lowest BCUT2D eigenvalue weighted by atomic mass is 9.92. The Balaban J connectivity index is 3.02. The van der Waals surface area contributed by atoms with E-state index >= 15 is 0 Å². The Labute approximate surface area is 74.1 Å². The van der Waals surface area contributed by atoms with Crippen molar-refractivity contribution in [2.75, 3.05) is 0 Å². The smallest absolute Gasteiger partial charge is 0.128 e. The number of hydrogen-bond donors (Lipinski definition) is 0. The zero-order valence-corrected chi connectivity index (χ0v) is 8.26. The predicted octanol–water partition coefficient (Wildman–Crippen LogP) is 2.34. The highest BCUT2D eigenvalue weighted by Crippen LogP contribution is 2.18. The summed E-state index contributed by atoms with van der Waals surface area (Å²) in [6.07, 6.45) is 2.75. The first-order valence-corrected chi connectivity index (χ1v) is 4.36. The van der Waals surface area contributed by atoms with Gasteiger partial charge in [0.2, 0.25) is 0 Å². The Morgan fingerprint density at radius 2 is 2.00 bits per heavy atom. The second-order valence-electron chi connectivity index (χ2n) is 3.96. The first-order valence-electron chi connectivity index (χ1n) is 4.36. The molecule has 0 fully saturated rings. The highest BCUT2D eigenvalue weighted by Gasteiger charge is 2.15. The molecule has 1 rings (SSSR count). The van der Waals surface area contributed by atoms with E-state index in [1.165, 1.54) is 0 Å². The lowest BCUT2D eigenvalue weighted by Gasteiger charge is -2.17. The molecule has 0 radical (unpaired) electrons. The molecule has 1 aromatic rings. The Kier molecular flexibility index (Phi) is 2.46. The molecule has 0 bridgehead atoms.